The second kappa shape index (κ2) is 4.79. The monoisotopic (exact) mass is 268 g/mol. The summed E-state index contributed by atoms with van der Waals surface area (Å²) in [5.74, 6) is 0.517. The molecule has 15 heavy (non-hydrogen) atoms. The van der Waals surface area contributed by atoms with Gasteiger partial charge in [0.05, 0.1) is 13.0 Å². The molecule has 0 N–H and O–H groups in total. The molecule has 0 radical (unpaired) electrons. The molecule has 0 bridgehead atoms. The van der Waals surface area contributed by atoms with Gasteiger partial charge in [0.15, 0.2) is 0 Å². The third kappa shape index (κ3) is 3.67. The molecule has 3 heteroatoms. The molecule has 0 amide bonds. The first-order valence-corrected chi connectivity index (χ1v) is 5.93. The zero-order chi connectivity index (χ0) is 10.7. The number of halogens is 1. The van der Waals surface area contributed by atoms with E-state index in [9.17, 15) is 4.79 Å². The molecule has 1 aromatic carbocycles. The summed E-state index contributed by atoms with van der Waals surface area (Å²) in [4.78, 5) is 11.4. The number of ether oxygens (including phenoxy) is 1. The van der Waals surface area contributed by atoms with Crippen molar-refractivity contribution < 1.29 is 9.53 Å². The van der Waals surface area contributed by atoms with Crippen molar-refractivity contribution in [2.24, 2.45) is 5.92 Å². The van der Waals surface area contributed by atoms with E-state index in [1.807, 2.05) is 24.3 Å². The van der Waals surface area contributed by atoms with Crippen LogP contribution < -0.4 is 0 Å². The van der Waals surface area contributed by atoms with Crippen LogP contribution in [-0.2, 0) is 16.0 Å². The van der Waals surface area contributed by atoms with Gasteiger partial charge in [-0.2, -0.15) is 0 Å². The predicted molar refractivity (Wildman–Crippen MR) is 61.5 cm³/mol. The van der Waals surface area contributed by atoms with Gasteiger partial charge in [-0.25, -0.2) is 0 Å². The first kappa shape index (κ1) is 10.7. The molecule has 0 heterocycles. The number of carbonyl (C=O) groups excluding carboxylic acids is 1. The third-order valence-corrected chi connectivity index (χ3v) is 2.97. The standard InChI is InChI=1S/C12H13BrO2/c13-11-5-3-9(4-6-11)7-12(14)15-8-10-1-2-10/h3-6,10H,1-2,7-8H2. The molecule has 0 unspecified atom stereocenters. The van der Waals surface area contributed by atoms with Crippen molar-refractivity contribution in [3.05, 3.63) is 34.3 Å². The Morgan fingerprint density at radius 2 is 2.00 bits per heavy atom. The van der Waals surface area contributed by atoms with Crippen molar-refractivity contribution in [3.8, 4) is 0 Å². The molecule has 1 aliphatic carbocycles. The summed E-state index contributed by atoms with van der Waals surface area (Å²) < 4.78 is 6.18. The molecule has 0 aliphatic heterocycles. The SMILES string of the molecule is O=C(Cc1ccc(Br)cc1)OCC1CC1. The second-order valence-corrected chi connectivity index (χ2v) is 4.85. The summed E-state index contributed by atoms with van der Waals surface area (Å²) >= 11 is 3.35. The summed E-state index contributed by atoms with van der Waals surface area (Å²) in [6, 6.07) is 7.73. The highest BCUT2D eigenvalue weighted by Gasteiger charge is 2.22. The molecule has 1 aliphatic rings. The van der Waals surface area contributed by atoms with E-state index in [0.29, 0.717) is 18.9 Å². The van der Waals surface area contributed by atoms with E-state index in [4.69, 9.17) is 4.74 Å². The van der Waals surface area contributed by atoms with Crippen LogP contribution in [0.3, 0.4) is 0 Å². The number of rotatable bonds is 4. The Balaban J connectivity index is 1.79. The van der Waals surface area contributed by atoms with Gasteiger partial charge in [0.1, 0.15) is 0 Å². The van der Waals surface area contributed by atoms with E-state index in [0.717, 1.165) is 10.0 Å². The molecule has 1 fully saturated rings. The smallest absolute Gasteiger partial charge is 0.310 e. The highest BCUT2D eigenvalue weighted by molar-refractivity contribution is 9.10. The minimum Gasteiger partial charge on any atom is -0.465 e. The minimum atomic E-state index is -0.121. The predicted octanol–water partition coefficient (Wildman–Crippen LogP) is 2.94. The summed E-state index contributed by atoms with van der Waals surface area (Å²) in [6.45, 7) is 0.607. The van der Waals surface area contributed by atoms with Crippen LogP contribution in [0.4, 0.5) is 0 Å². The fourth-order valence-electron chi connectivity index (χ4n) is 1.32. The van der Waals surface area contributed by atoms with Gasteiger partial charge in [0, 0.05) is 4.47 Å². The fourth-order valence-corrected chi connectivity index (χ4v) is 1.58. The van der Waals surface area contributed by atoms with Crippen LogP contribution in [-0.4, -0.2) is 12.6 Å². The van der Waals surface area contributed by atoms with Crippen LogP contribution in [0.2, 0.25) is 0 Å². The Labute approximate surface area is 97.8 Å². The normalized spacial score (nSPS) is 15.0. The van der Waals surface area contributed by atoms with Gasteiger partial charge < -0.3 is 4.74 Å². The van der Waals surface area contributed by atoms with Crippen LogP contribution in [0, 0.1) is 5.92 Å². The van der Waals surface area contributed by atoms with Crippen LogP contribution >= 0.6 is 15.9 Å². The number of carbonyl (C=O) groups is 1. The van der Waals surface area contributed by atoms with Crippen LogP contribution in [0.15, 0.2) is 28.7 Å². The first-order valence-electron chi connectivity index (χ1n) is 5.14. The van der Waals surface area contributed by atoms with Crippen molar-refractivity contribution in [1.82, 2.24) is 0 Å². The number of hydrogen-bond acceptors (Lipinski definition) is 2. The topological polar surface area (TPSA) is 26.3 Å². The molecule has 2 nitrogen and oxygen atoms in total. The summed E-state index contributed by atoms with van der Waals surface area (Å²) in [7, 11) is 0. The Morgan fingerprint density at radius 1 is 1.33 bits per heavy atom. The van der Waals surface area contributed by atoms with Gasteiger partial charge in [-0.15, -0.1) is 0 Å². The molecular weight excluding hydrogens is 256 g/mol. The molecule has 0 atom stereocenters. The van der Waals surface area contributed by atoms with Crippen LogP contribution in [0.25, 0.3) is 0 Å². The van der Waals surface area contributed by atoms with E-state index < -0.39 is 0 Å². The van der Waals surface area contributed by atoms with Crippen molar-refractivity contribution >= 4 is 21.9 Å². The van der Waals surface area contributed by atoms with E-state index in [-0.39, 0.29) is 5.97 Å². The highest BCUT2D eigenvalue weighted by atomic mass is 79.9. The van der Waals surface area contributed by atoms with Crippen molar-refractivity contribution in [2.45, 2.75) is 19.3 Å². The molecule has 1 aromatic rings. The average Bonchev–Trinajstić information content (AvgIpc) is 3.02. The summed E-state index contributed by atoms with van der Waals surface area (Å²) in [6.07, 6.45) is 2.80. The highest BCUT2D eigenvalue weighted by Crippen LogP contribution is 2.28. The van der Waals surface area contributed by atoms with Gasteiger partial charge in [-0.1, -0.05) is 28.1 Å². The summed E-state index contributed by atoms with van der Waals surface area (Å²) in [5.41, 5.74) is 0.999. The summed E-state index contributed by atoms with van der Waals surface area (Å²) in [5, 5.41) is 0. The Morgan fingerprint density at radius 3 is 2.60 bits per heavy atom. The molecule has 0 aromatic heterocycles. The average molecular weight is 269 g/mol. The maximum Gasteiger partial charge on any atom is 0.310 e. The van der Waals surface area contributed by atoms with Crippen LogP contribution in [0.5, 0.6) is 0 Å². The lowest BCUT2D eigenvalue weighted by molar-refractivity contribution is -0.143. The minimum absolute atomic E-state index is 0.121. The zero-order valence-corrected chi connectivity index (χ0v) is 10.00. The van der Waals surface area contributed by atoms with Crippen molar-refractivity contribution in [1.29, 1.82) is 0 Å². The maximum atomic E-state index is 11.4. The maximum absolute atomic E-state index is 11.4. The molecule has 80 valence electrons. The zero-order valence-electron chi connectivity index (χ0n) is 8.41. The molecule has 2 rings (SSSR count). The lowest BCUT2D eigenvalue weighted by atomic mass is 10.2. The number of esters is 1. The van der Waals surface area contributed by atoms with Crippen molar-refractivity contribution in [2.75, 3.05) is 6.61 Å². The molecular formula is C12H13BrO2. The number of hydrogen-bond donors (Lipinski definition) is 0. The number of benzene rings is 1. The Kier molecular flexibility index (Phi) is 3.41. The second-order valence-electron chi connectivity index (χ2n) is 3.93. The van der Waals surface area contributed by atoms with Gasteiger partial charge in [-0.3, -0.25) is 4.79 Å². The van der Waals surface area contributed by atoms with Gasteiger partial charge in [-0.05, 0) is 36.5 Å². The fraction of sp³-hybridized carbons (Fsp3) is 0.417. The molecule has 0 spiro atoms. The Hall–Kier alpha value is -0.830. The van der Waals surface area contributed by atoms with E-state index in [1.165, 1.54) is 12.8 Å². The van der Waals surface area contributed by atoms with E-state index >= 15 is 0 Å². The van der Waals surface area contributed by atoms with E-state index in [2.05, 4.69) is 15.9 Å². The van der Waals surface area contributed by atoms with E-state index in [1.54, 1.807) is 0 Å². The molecule has 1 saturated carbocycles. The lowest BCUT2D eigenvalue weighted by Crippen LogP contribution is -2.09. The Bertz CT molecular complexity index is 341. The van der Waals surface area contributed by atoms with Gasteiger partial charge in [0.2, 0.25) is 0 Å². The first-order chi connectivity index (χ1) is 7.24. The third-order valence-electron chi connectivity index (χ3n) is 2.44. The lowest BCUT2D eigenvalue weighted by Gasteiger charge is -2.03. The molecule has 0 saturated heterocycles. The van der Waals surface area contributed by atoms with Gasteiger partial charge in [0.25, 0.3) is 0 Å². The van der Waals surface area contributed by atoms with Crippen molar-refractivity contribution in [3.63, 3.8) is 0 Å². The largest absolute Gasteiger partial charge is 0.465 e. The van der Waals surface area contributed by atoms with Crippen LogP contribution in [0.1, 0.15) is 18.4 Å². The van der Waals surface area contributed by atoms with Gasteiger partial charge >= 0.3 is 5.97 Å². The quantitative estimate of drug-likeness (QED) is 0.785.